The lowest BCUT2D eigenvalue weighted by atomic mass is 9.91. The minimum atomic E-state index is -1.15. The summed E-state index contributed by atoms with van der Waals surface area (Å²) < 4.78 is 24.3. The van der Waals surface area contributed by atoms with Gasteiger partial charge in [-0.3, -0.25) is 19.0 Å². The van der Waals surface area contributed by atoms with Crippen molar-refractivity contribution in [3.8, 4) is 0 Å². The Balaban J connectivity index is 1.31. The number of aromatic nitrogens is 4. The smallest absolute Gasteiger partial charge is 0.315 e. The molecule has 55 heavy (non-hydrogen) atoms. The molecule has 16 nitrogen and oxygen atoms in total. The summed E-state index contributed by atoms with van der Waals surface area (Å²) in [5, 5.41) is 9.28. The molecule has 4 aromatic rings. The Morgan fingerprint density at radius 3 is 2.13 bits per heavy atom. The topological polar surface area (TPSA) is 188 Å². The monoisotopic (exact) mass is 756 g/mol. The molecule has 2 aliphatic heterocycles. The third kappa shape index (κ3) is 10.3. The molecular weight excluding hydrogens is 708 g/mol. The van der Waals surface area contributed by atoms with Gasteiger partial charge in [-0.05, 0) is 37.1 Å². The van der Waals surface area contributed by atoms with E-state index in [2.05, 4.69) is 50.1 Å². The summed E-state index contributed by atoms with van der Waals surface area (Å²) in [5.41, 5.74) is 2.87. The fourth-order valence-corrected chi connectivity index (χ4v) is 7.00. The molecule has 0 unspecified atom stereocenters. The van der Waals surface area contributed by atoms with Crippen LogP contribution in [-0.2, 0) is 39.9 Å². The van der Waals surface area contributed by atoms with Gasteiger partial charge in [0.25, 0.3) is 0 Å². The number of anilines is 1. The highest BCUT2D eigenvalue weighted by atomic mass is 16.7. The fourth-order valence-electron chi connectivity index (χ4n) is 7.00. The van der Waals surface area contributed by atoms with Crippen molar-refractivity contribution in [1.82, 2.24) is 35.1 Å². The number of ether oxygens (including phenoxy) is 4. The van der Waals surface area contributed by atoms with Gasteiger partial charge in [0, 0.05) is 46.3 Å². The maximum absolute atomic E-state index is 12.9. The number of piperidine rings is 1. The second-order valence-electron chi connectivity index (χ2n) is 13.6. The van der Waals surface area contributed by atoms with Crippen molar-refractivity contribution >= 4 is 40.9 Å². The first-order chi connectivity index (χ1) is 26.7. The summed E-state index contributed by atoms with van der Waals surface area (Å²) >= 11 is 0. The number of nitrogens with zero attached hydrogens (tertiary/aromatic N) is 5. The SMILES string of the molecule is CC(=O)OC[C@@H]1O[C@@H](n2cnc3c(NCC(c4ccccc4)c4ccccc4)nc(CNC(=O)NCCN4CCCCC4)nc32)[C@H](OC(C)=O)[C@@H]1OC(C)=O. The van der Waals surface area contributed by atoms with E-state index in [0.29, 0.717) is 30.1 Å². The van der Waals surface area contributed by atoms with Crippen molar-refractivity contribution in [2.45, 2.75) is 77.0 Å². The number of imidazole rings is 1. The highest BCUT2D eigenvalue weighted by molar-refractivity contribution is 5.83. The Bertz CT molecular complexity index is 1880. The average molecular weight is 757 g/mol. The maximum atomic E-state index is 12.9. The van der Waals surface area contributed by atoms with E-state index in [1.165, 1.54) is 46.4 Å². The molecule has 0 bridgehead atoms. The van der Waals surface area contributed by atoms with Crippen LogP contribution in [0.4, 0.5) is 10.6 Å². The first kappa shape index (κ1) is 39.1. The van der Waals surface area contributed by atoms with Gasteiger partial charge in [-0.15, -0.1) is 0 Å². The summed E-state index contributed by atoms with van der Waals surface area (Å²) in [7, 11) is 0. The van der Waals surface area contributed by atoms with Crippen molar-refractivity contribution in [2.75, 3.05) is 44.6 Å². The van der Waals surface area contributed by atoms with Crippen molar-refractivity contribution in [3.63, 3.8) is 0 Å². The number of rotatable bonds is 15. The molecular formula is C39H48N8O8. The molecule has 2 amide bonds. The highest BCUT2D eigenvalue weighted by Gasteiger charge is 2.51. The van der Waals surface area contributed by atoms with Crippen LogP contribution < -0.4 is 16.0 Å². The zero-order chi connectivity index (χ0) is 38.7. The van der Waals surface area contributed by atoms with E-state index in [0.717, 1.165) is 30.8 Å². The number of carbonyl (C=O) groups excluding carboxylic acids is 4. The molecule has 0 spiro atoms. The molecule has 16 heteroatoms. The number of likely N-dealkylation sites (tertiary alicyclic amines) is 1. The van der Waals surface area contributed by atoms with Crippen molar-refractivity contribution < 1.29 is 38.1 Å². The lowest BCUT2D eigenvalue weighted by molar-refractivity contribution is -0.166. The first-order valence-electron chi connectivity index (χ1n) is 18.6. The predicted molar refractivity (Wildman–Crippen MR) is 201 cm³/mol. The lowest BCUT2D eigenvalue weighted by Crippen LogP contribution is -2.41. The lowest BCUT2D eigenvalue weighted by Gasteiger charge is -2.26. The molecule has 2 fully saturated rings. The molecule has 0 aliphatic carbocycles. The molecule has 4 heterocycles. The summed E-state index contributed by atoms with van der Waals surface area (Å²) in [6.45, 7) is 7.19. The number of hydrogen-bond donors (Lipinski definition) is 3. The van der Waals surface area contributed by atoms with E-state index in [1.807, 2.05) is 36.4 Å². The largest absolute Gasteiger partial charge is 0.463 e. The van der Waals surface area contributed by atoms with Crippen LogP contribution in [0.5, 0.6) is 0 Å². The number of esters is 3. The molecule has 0 radical (unpaired) electrons. The van der Waals surface area contributed by atoms with Gasteiger partial charge in [0.15, 0.2) is 41.2 Å². The zero-order valence-electron chi connectivity index (χ0n) is 31.3. The summed E-state index contributed by atoms with van der Waals surface area (Å²) in [6.07, 6.45) is 0.702. The van der Waals surface area contributed by atoms with Crippen LogP contribution in [0.2, 0.25) is 0 Å². The van der Waals surface area contributed by atoms with Gasteiger partial charge in [0.05, 0.1) is 12.9 Å². The van der Waals surface area contributed by atoms with E-state index in [4.69, 9.17) is 28.9 Å². The molecule has 0 saturated carbocycles. The molecule has 4 atom stereocenters. The van der Waals surface area contributed by atoms with Crippen LogP contribution in [0.25, 0.3) is 11.2 Å². The number of nitrogens with one attached hydrogen (secondary N) is 3. The van der Waals surface area contributed by atoms with E-state index in [9.17, 15) is 19.2 Å². The number of urea groups is 1. The predicted octanol–water partition coefficient (Wildman–Crippen LogP) is 3.68. The Morgan fingerprint density at radius 1 is 0.836 bits per heavy atom. The standard InChI is InChI=1S/C39H48N8O8/c1-25(48)52-23-31-34(53-26(2)49)35(54-27(3)50)38(55-31)47-24-43-33-36(41-21-30(28-13-7-4-8-14-28)29-15-9-5-10-16-29)44-32(45-37(33)47)22-42-39(51)40-17-20-46-18-11-6-12-19-46/h4-5,7-10,13-16,24,30-31,34-35,38H,6,11-12,17-23H2,1-3H3,(H2,40,42,51)(H,41,44,45)/t31-,34+,35+,38+/m0/s1. The Hall–Kier alpha value is -5.61. The Morgan fingerprint density at radius 2 is 1.49 bits per heavy atom. The number of amides is 2. The molecule has 292 valence electrons. The van der Waals surface area contributed by atoms with Gasteiger partial charge in [0.2, 0.25) is 0 Å². The zero-order valence-corrected chi connectivity index (χ0v) is 31.3. The van der Waals surface area contributed by atoms with E-state index < -0.39 is 42.4 Å². The van der Waals surface area contributed by atoms with Gasteiger partial charge >= 0.3 is 23.9 Å². The molecule has 3 N–H and O–H groups in total. The van der Waals surface area contributed by atoms with Gasteiger partial charge < -0.3 is 39.8 Å². The van der Waals surface area contributed by atoms with Crippen LogP contribution >= 0.6 is 0 Å². The average Bonchev–Trinajstić information content (AvgIpc) is 3.74. The van der Waals surface area contributed by atoms with E-state index in [-0.39, 0.29) is 30.9 Å². The van der Waals surface area contributed by atoms with Gasteiger partial charge in [-0.25, -0.2) is 19.7 Å². The summed E-state index contributed by atoms with van der Waals surface area (Å²) in [6, 6.07) is 19.9. The maximum Gasteiger partial charge on any atom is 0.315 e. The highest BCUT2D eigenvalue weighted by Crippen LogP contribution is 2.37. The van der Waals surface area contributed by atoms with Gasteiger partial charge in [-0.2, -0.15) is 0 Å². The van der Waals surface area contributed by atoms with Crippen molar-refractivity contribution in [3.05, 3.63) is 83.9 Å². The normalized spacial score (nSPS) is 19.9. The van der Waals surface area contributed by atoms with Crippen LogP contribution in [0, 0.1) is 0 Å². The first-order valence-corrected chi connectivity index (χ1v) is 18.6. The van der Waals surface area contributed by atoms with Crippen molar-refractivity contribution in [1.29, 1.82) is 0 Å². The van der Waals surface area contributed by atoms with Crippen LogP contribution in [0.15, 0.2) is 67.0 Å². The number of fused-ring (bicyclic) bond motifs is 1. The van der Waals surface area contributed by atoms with Crippen LogP contribution in [-0.4, -0.2) is 106 Å². The minimum absolute atomic E-state index is 0.0177. The van der Waals surface area contributed by atoms with E-state index >= 15 is 0 Å². The number of benzene rings is 2. The van der Waals surface area contributed by atoms with E-state index in [1.54, 1.807) is 4.57 Å². The molecule has 2 aromatic heterocycles. The quantitative estimate of drug-likeness (QED) is 0.118. The molecule has 2 saturated heterocycles. The summed E-state index contributed by atoms with van der Waals surface area (Å²) in [4.78, 5) is 65.8. The minimum Gasteiger partial charge on any atom is -0.463 e. The number of carbonyl (C=O) groups is 4. The van der Waals surface area contributed by atoms with Crippen molar-refractivity contribution in [2.24, 2.45) is 0 Å². The molecule has 6 rings (SSSR count). The molecule has 2 aliphatic rings. The van der Waals surface area contributed by atoms with Crippen LogP contribution in [0.1, 0.15) is 69.1 Å². The van der Waals surface area contributed by atoms with Gasteiger partial charge in [0.1, 0.15) is 12.7 Å². The van der Waals surface area contributed by atoms with Crippen LogP contribution in [0.3, 0.4) is 0 Å². The summed E-state index contributed by atoms with van der Waals surface area (Å²) in [5.74, 6) is -1.23. The van der Waals surface area contributed by atoms with Gasteiger partial charge in [-0.1, -0.05) is 67.1 Å². The Kier molecular flexibility index (Phi) is 13.2. The second kappa shape index (κ2) is 18.6. The third-order valence-corrected chi connectivity index (χ3v) is 9.53. The molecule has 2 aromatic carbocycles. The number of hydrogen-bond acceptors (Lipinski definition) is 13. The Labute approximate surface area is 319 Å². The fraction of sp³-hybridized carbons (Fsp3) is 0.462. The third-order valence-electron chi connectivity index (χ3n) is 9.53. The second-order valence-corrected chi connectivity index (χ2v) is 13.6.